The molecule has 0 saturated heterocycles. The van der Waals surface area contributed by atoms with Gasteiger partial charge in [-0.3, -0.25) is 14.9 Å². The zero-order chi connectivity index (χ0) is 18.1. The summed E-state index contributed by atoms with van der Waals surface area (Å²) >= 11 is 0. The lowest BCUT2D eigenvalue weighted by atomic mass is 10.0. The maximum Gasteiger partial charge on any atom is 0.275 e. The van der Waals surface area contributed by atoms with Crippen LogP contribution < -0.4 is 5.32 Å². The van der Waals surface area contributed by atoms with Crippen molar-refractivity contribution < 1.29 is 18.8 Å². The number of nitro benzene ring substituents is 1. The third-order valence-corrected chi connectivity index (χ3v) is 4.66. The number of benzene rings is 1. The molecule has 2 atom stereocenters. The van der Waals surface area contributed by atoms with Crippen LogP contribution >= 0.6 is 8.38 Å². The van der Waals surface area contributed by atoms with Crippen molar-refractivity contribution >= 4 is 20.0 Å². The molecule has 1 rings (SSSR count). The molecule has 0 fully saturated rings. The largest absolute Gasteiger partial charge is 0.352 e. The first-order valence-corrected chi connectivity index (χ1v) is 9.50. The number of hydrogen-bond donors (Lipinski definition) is 1. The van der Waals surface area contributed by atoms with Gasteiger partial charge in [0.05, 0.1) is 16.6 Å². The Morgan fingerprint density at radius 3 is 2.75 bits per heavy atom. The summed E-state index contributed by atoms with van der Waals surface area (Å²) in [6.07, 6.45) is 1.82. The molecule has 0 radical (unpaired) electrons. The van der Waals surface area contributed by atoms with E-state index in [2.05, 4.69) is 5.32 Å². The molecule has 0 aliphatic heterocycles. The third kappa shape index (κ3) is 6.51. The molecule has 0 aliphatic rings. The predicted octanol–water partition coefficient (Wildman–Crippen LogP) is 4.07. The molecule has 8 heteroatoms. The average molecular weight is 356 g/mol. The van der Waals surface area contributed by atoms with E-state index in [0.29, 0.717) is 18.5 Å². The van der Waals surface area contributed by atoms with Gasteiger partial charge in [-0.2, -0.15) is 0 Å². The standard InChI is InChI=1S/C16H25N2O5P/c1-5-6-7-16(19)17-11-13-8-9-15(18(20)21)14(10-13)12(2)23-24(4)22-3/h8-10,12H,5-7,11H2,1-4H3,(H,17,19). The predicted molar refractivity (Wildman–Crippen MR) is 93.8 cm³/mol. The van der Waals surface area contributed by atoms with Crippen molar-refractivity contribution in [3.63, 3.8) is 0 Å². The summed E-state index contributed by atoms with van der Waals surface area (Å²) in [6, 6.07) is 4.81. The van der Waals surface area contributed by atoms with Crippen LogP contribution in [0.15, 0.2) is 18.2 Å². The Bertz CT molecular complexity index is 567. The van der Waals surface area contributed by atoms with E-state index in [1.54, 1.807) is 25.7 Å². The lowest BCUT2D eigenvalue weighted by Gasteiger charge is -2.18. The van der Waals surface area contributed by atoms with Crippen LogP contribution in [0.2, 0.25) is 0 Å². The van der Waals surface area contributed by atoms with E-state index < -0.39 is 19.4 Å². The number of amides is 1. The van der Waals surface area contributed by atoms with Gasteiger partial charge < -0.3 is 14.4 Å². The highest BCUT2D eigenvalue weighted by molar-refractivity contribution is 7.46. The molecule has 7 nitrogen and oxygen atoms in total. The van der Waals surface area contributed by atoms with Crippen molar-refractivity contribution in [2.45, 2.75) is 45.8 Å². The highest BCUT2D eigenvalue weighted by atomic mass is 31.2. The van der Waals surface area contributed by atoms with E-state index in [-0.39, 0.29) is 11.6 Å². The second-order valence-electron chi connectivity index (χ2n) is 5.40. The van der Waals surface area contributed by atoms with Gasteiger partial charge >= 0.3 is 0 Å². The maximum absolute atomic E-state index is 11.7. The number of unbranched alkanes of at least 4 members (excludes halogenated alkanes) is 1. The Balaban J connectivity index is 2.87. The lowest BCUT2D eigenvalue weighted by Crippen LogP contribution is -2.22. The third-order valence-electron chi connectivity index (χ3n) is 3.54. The summed E-state index contributed by atoms with van der Waals surface area (Å²) < 4.78 is 10.8. The van der Waals surface area contributed by atoms with Gasteiger partial charge in [0.1, 0.15) is 0 Å². The summed E-state index contributed by atoms with van der Waals surface area (Å²) in [5.41, 5.74) is 1.28. The van der Waals surface area contributed by atoms with Gasteiger partial charge in [-0.15, -0.1) is 0 Å². The molecular weight excluding hydrogens is 331 g/mol. The average Bonchev–Trinajstić information content (AvgIpc) is 2.57. The van der Waals surface area contributed by atoms with Crippen LogP contribution in [0.3, 0.4) is 0 Å². The molecule has 0 bridgehead atoms. The minimum absolute atomic E-state index is 0.00284. The number of carbonyl (C=O) groups is 1. The minimum Gasteiger partial charge on any atom is -0.352 e. The molecule has 0 saturated carbocycles. The van der Waals surface area contributed by atoms with Crippen molar-refractivity contribution in [2.24, 2.45) is 0 Å². The monoisotopic (exact) mass is 356 g/mol. The Labute approximate surface area is 143 Å². The van der Waals surface area contributed by atoms with Crippen LogP contribution in [0.25, 0.3) is 0 Å². The molecule has 0 spiro atoms. The van der Waals surface area contributed by atoms with Crippen molar-refractivity contribution in [2.75, 3.05) is 13.8 Å². The number of nitrogens with zero attached hydrogens (tertiary/aromatic N) is 1. The van der Waals surface area contributed by atoms with Crippen LogP contribution in [0.5, 0.6) is 0 Å². The van der Waals surface area contributed by atoms with Gasteiger partial charge in [-0.05, 0) is 25.0 Å². The van der Waals surface area contributed by atoms with E-state index in [9.17, 15) is 14.9 Å². The fourth-order valence-corrected chi connectivity index (χ4v) is 2.80. The molecule has 0 aliphatic carbocycles. The molecule has 24 heavy (non-hydrogen) atoms. The minimum atomic E-state index is -1.10. The fraction of sp³-hybridized carbons (Fsp3) is 0.562. The summed E-state index contributed by atoms with van der Waals surface area (Å²) in [4.78, 5) is 22.5. The zero-order valence-corrected chi connectivity index (χ0v) is 15.5. The highest BCUT2D eigenvalue weighted by Gasteiger charge is 2.22. The maximum atomic E-state index is 11.7. The molecule has 0 heterocycles. The Morgan fingerprint density at radius 1 is 1.46 bits per heavy atom. The molecule has 134 valence electrons. The number of nitrogens with one attached hydrogen (secondary N) is 1. The second-order valence-corrected chi connectivity index (χ2v) is 6.86. The number of carbonyl (C=O) groups excluding carboxylic acids is 1. The van der Waals surface area contributed by atoms with Gasteiger partial charge in [-0.25, -0.2) is 0 Å². The van der Waals surface area contributed by atoms with E-state index in [0.717, 1.165) is 18.4 Å². The van der Waals surface area contributed by atoms with Gasteiger partial charge in [0.15, 0.2) is 8.38 Å². The Kier molecular flexibility index (Phi) is 8.82. The Morgan fingerprint density at radius 2 is 2.17 bits per heavy atom. The summed E-state index contributed by atoms with van der Waals surface area (Å²) in [6.45, 7) is 5.91. The van der Waals surface area contributed by atoms with Crippen LogP contribution in [-0.4, -0.2) is 24.6 Å². The smallest absolute Gasteiger partial charge is 0.275 e. The topological polar surface area (TPSA) is 90.7 Å². The summed E-state index contributed by atoms with van der Waals surface area (Å²) in [5, 5.41) is 14.1. The number of hydrogen-bond acceptors (Lipinski definition) is 5. The van der Waals surface area contributed by atoms with Crippen molar-refractivity contribution in [1.29, 1.82) is 0 Å². The molecule has 1 N–H and O–H groups in total. The molecule has 0 aromatic heterocycles. The second kappa shape index (κ2) is 10.3. The summed E-state index contributed by atoms with van der Waals surface area (Å²) in [7, 11) is 0.437. The zero-order valence-electron chi connectivity index (χ0n) is 14.6. The molecular formula is C16H25N2O5P. The SMILES string of the molecule is CCCCC(=O)NCc1ccc([N+](=O)[O-])c(C(C)OP(C)OC)c1. The van der Waals surface area contributed by atoms with Crippen molar-refractivity contribution in [3.8, 4) is 0 Å². The highest BCUT2D eigenvalue weighted by Crippen LogP contribution is 2.41. The fourth-order valence-electron chi connectivity index (χ4n) is 2.15. The quantitative estimate of drug-likeness (QED) is 0.388. The summed E-state index contributed by atoms with van der Waals surface area (Å²) in [5.74, 6) is -0.0162. The van der Waals surface area contributed by atoms with Gasteiger partial charge in [0.2, 0.25) is 5.91 Å². The first-order chi connectivity index (χ1) is 11.4. The number of nitro groups is 1. The van der Waals surface area contributed by atoms with E-state index >= 15 is 0 Å². The van der Waals surface area contributed by atoms with Gasteiger partial charge in [0.25, 0.3) is 5.69 Å². The van der Waals surface area contributed by atoms with Crippen LogP contribution in [0.1, 0.15) is 50.3 Å². The van der Waals surface area contributed by atoms with Crippen molar-refractivity contribution in [1.82, 2.24) is 5.32 Å². The van der Waals surface area contributed by atoms with Crippen LogP contribution in [-0.2, 0) is 20.4 Å². The van der Waals surface area contributed by atoms with Crippen molar-refractivity contribution in [3.05, 3.63) is 39.4 Å². The first kappa shape index (κ1) is 20.5. The molecule has 2 unspecified atom stereocenters. The lowest BCUT2D eigenvalue weighted by molar-refractivity contribution is -0.386. The van der Waals surface area contributed by atoms with E-state index in [4.69, 9.17) is 9.05 Å². The van der Waals surface area contributed by atoms with Gasteiger partial charge in [0, 0.05) is 32.8 Å². The molecule has 1 amide bonds. The molecule has 1 aromatic rings. The molecule has 1 aromatic carbocycles. The van der Waals surface area contributed by atoms with E-state index in [1.807, 2.05) is 6.92 Å². The van der Waals surface area contributed by atoms with E-state index in [1.165, 1.54) is 13.2 Å². The first-order valence-electron chi connectivity index (χ1n) is 7.87. The van der Waals surface area contributed by atoms with Crippen LogP contribution in [0, 0.1) is 10.1 Å². The number of rotatable bonds is 10. The van der Waals surface area contributed by atoms with Crippen LogP contribution in [0.4, 0.5) is 5.69 Å². The normalized spacial score (nSPS) is 13.3. The van der Waals surface area contributed by atoms with Gasteiger partial charge in [-0.1, -0.05) is 19.4 Å². The Hall–Kier alpha value is -1.56.